The van der Waals surface area contributed by atoms with Crippen molar-refractivity contribution in [3.63, 3.8) is 0 Å². The lowest BCUT2D eigenvalue weighted by molar-refractivity contribution is 0.0744. The zero-order valence-corrected chi connectivity index (χ0v) is 14.8. The summed E-state index contributed by atoms with van der Waals surface area (Å²) in [6, 6.07) is 5.34. The molecule has 0 unspecified atom stereocenters. The van der Waals surface area contributed by atoms with E-state index in [0.717, 1.165) is 12.1 Å². The highest BCUT2D eigenvalue weighted by atomic mass is 16.3. The molecule has 4 rings (SSSR count). The smallest absolute Gasteiger partial charge is 0.257 e. The second kappa shape index (κ2) is 6.45. The molecule has 8 nitrogen and oxygen atoms in total. The van der Waals surface area contributed by atoms with Crippen molar-refractivity contribution in [2.24, 2.45) is 7.05 Å². The number of aromatic nitrogens is 4. The Morgan fingerprint density at radius 2 is 2.19 bits per heavy atom. The van der Waals surface area contributed by atoms with Crippen LogP contribution in [0.1, 0.15) is 45.7 Å². The Bertz CT molecular complexity index is 938. The topological polar surface area (TPSA) is 89.3 Å². The van der Waals surface area contributed by atoms with Gasteiger partial charge in [0, 0.05) is 26.3 Å². The summed E-state index contributed by atoms with van der Waals surface area (Å²) in [5, 5.41) is 19.3. The average Bonchev–Trinajstić information content (AvgIpc) is 3.31. The van der Waals surface area contributed by atoms with Crippen molar-refractivity contribution in [1.29, 1.82) is 0 Å². The van der Waals surface area contributed by atoms with Crippen LogP contribution < -0.4 is 0 Å². The van der Waals surface area contributed by atoms with E-state index < -0.39 is 6.10 Å². The van der Waals surface area contributed by atoms with Gasteiger partial charge in [0.05, 0.1) is 35.5 Å². The van der Waals surface area contributed by atoms with Crippen molar-refractivity contribution in [2.75, 3.05) is 6.54 Å². The fourth-order valence-electron chi connectivity index (χ4n) is 3.37. The van der Waals surface area contributed by atoms with E-state index >= 15 is 0 Å². The summed E-state index contributed by atoms with van der Waals surface area (Å²) < 4.78 is 8.77. The van der Waals surface area contributed by atoms with Crippen LogP contribution in [-0.4, -0.2) is 42.0 Å². The minimum Gasteiger partial charge on any atom is -0.469 e. The van der Waals surface area contributed by atoms with E-state index in [4.69, 9.17) is 4.42 Å². The van der Waals surface area contributed by atoms with Crippen LogP contribution >= 0.6 is 0 Å². The van der Waals surface area contributed by atoms with Crippen molar-refractivity contribution < 1.29 is 14.3 Å². The van der Waals surface area contributed by atoms with Crippen LogP contribution in [0.25, 0.3) is 0 Å². The van der Waals surface area contributed by atoms with Crippen molar-refractivity contribution in [3.05, 3.63) is 59.1 Å². The number of furan rings is 1. The van der Waals surface area contributed by atoms with E-state index in [0.29, 0.717) is 42.3 Å². The molecule has 1 aliphatic heterocycles. The maximum atomic E-state index is 12.8. The number of carbonyl (C=O) groups is 1. The van der Waals surface area contributed by atoms with Gasteiger partial charge < -0.3 is 14.4 Å². The Morgan fingerprint density at radius 3 is 2.88 bits per heavy atom. The highest BCUT2D eigenvalue weighted by Crippen LogP contribution is 2.24. The lowest BCUT2D eigenvalue weighted by Crippen LogP contribution is -2.30. The molecule has 1 aliphatic rings. The van der Waals surface area contributed by atoms with Gasteiger partial charge in [0.25, 0.3) is 5.91 Å². The Hall–Kier alpha value is -2.87. The van der Waals surface area contributed by atoms with Crippen LogP contribution in [0.3, 0.4) is 0 Å². The molecular formula is C18H21N5O3. The van der Waals surface area contributed by atoms with Gasteiger partial charge in [0.1, 0.15) is 11.9 Å². The molecule has 0 fully saturated rings. The van der Waals surface area contributed by atoms with E-state index in [-0.39, 0.29) is 5.91 Å². The van der Waals surface area contributed by atoms with Gasteiger partial charge in [0.2, 0.25) is 0 Å². The molecule has 1 amide bonds. The summed E-state index contributed by atoms with van der Waals surface area (Å²) >= 11 is 0. The number of carbonyl (C=O) groups excluding carboxylic acids is 1. The number of aryl methyl sites for hydroxylation is 3. The quantitative estimate of drug-likeness (QED) is 0.772. The van der Waals surface area contributed by atoms with Crippen LogP contribution in [0.15, 0.2) is 35.1 Å². The molecule has 0 saturated carbocycles. The second-order valence-corrected chi connectivity index (χ2v) is 6.54. The Labute approximate surface area is 150 Å². The van der Waals surface area contributed by atoms with E-state index in [1.54, 1.807) is 41.9 Å². The SMILES string of the molecule is Cc1occc1C(=O)N1CCCn2nc([C@@H](O)c3ccnn3C)cc2C1. The third-order valence-electron chi connectivity index (χ3n) is 4.83. The number of amides is 1. The zero-order chi connectivity index (χ0) is 18.3. The first-order chi connectivity index (χ1) is 12.5. The van der Waals surface area contributed by atoms with Gasteiger partial charge in [-0.15, -0.1) is 0 Å². The normalized spacial score (nSPS) is 15.6. The summed E-state index contributed by atoms with van der Waals surface area (Å²) in [5.41, 5.74) is 2.75. The third kappa shape index (κ3) is 2.82. The Kier molecular flexibility index (Phi) is 4.12. The van der Waals surface area contributed by atoms with E-state index in [1.165, 1.54) is 6.26 Å². The number of hydrogen-bond acceptors (Lipinski definition) is 5. The second-order valence-electron chi connectivity index (χ2n) is 6.54. The molecular weight excluding hydrogens is 334 g/mol. The Balaban J connectivity index is 1.59. The summed E-state index contributed by atoms with van der Waals surface area (Å²) in [6.45, 7) is 3.61. The lowest BCUT2D eigenvalue weighted by Gasteiger charge is -2.19. The largest absolute Gasteiger partial charge is 0.469 e. The van der Waals surface area contributed by atoms with Gasteiger partial charge in [-0.3, -0.25) is 14.2 Å². The molecule has 1 atom stereocenters. The van der Waals surface area contributed by atoms with Gasteiger partial charge in [-0.05, 0) is 31.5 Å². The summed E-state index contributed by atoms with van der Waals surface area (Å²) in [5.74, 6) is 0.583. The first-order valence-corrected chi connectivity index (χ1v) is 8.60. The molecule has 0 aliphatic carbocycles. The summed E-state index contributed by atoms with van der Waals surface area (Å²) in [4.78, 5) is 14.6. The van der Waals surface area contributed by atoms with Crippen molar-refractivity contribution in [1.82, 2.24) is 24.5 Å². The van der Waals surface area contributed by atoms with E-state index in [9.17, 15) is 9.90 Å². The highest BCUT2D eigenvalue weighted by Gasteiger charge is 2.25. The predicted molar refractivity (Wildman–Crippen MR) is 92.3 cm³/mol. The van der Waals surface area contributed by atoms with Gasteiger partial charge in [0.15, 0.2) is 0 Å². The number of rotatable bonds is 3. The van der Waals surface area contributed by atoms with Crippen LogP contribution in [0, 0.1) is 6.92 Å². The summed E-state index contributed by atoms with van der Waals surface area (Å²) in [6.07, 6.45) is 3.14. The van der Waals surface area contributed by atoms with Crippen LogP contribution in [-0.2, 0) is 20.1 Å². The summed E-state index contributed by atoms with van der Waals surface area (Å²) in [7, 11) is 1.78. The fraction of sp³-hybridized carbons (Fsp3) is 0.389. The molecule has 0 radical (unpaired) electrons. The maximum absolute atomic E-state index is 12.8. The molecule has 26 heavy (non-hydrogen) atoms. The molecule has 4 heterocycles. The number of aliphatic hydroxyl groups is 1. The van der Waals surface area contributed by atoms with E-state index in [1.807, 2.05) is 10.7 Å². The Morgan fingerprint density at radius 1 is 1.35 bits per heavy atom. The van der Waals surface area contributed by atoms with Crippen LogP contribution in [0.5, 0.6) is 0 Å². The monoisotopic (exact) mass is 355 g/mol. The highest BCUT2D eigenvalue weighted by molar-refractivity contribution is 5.95. The maximum Gasteiger partial charge on any atom is 0.257 e. The van der Waals surface area contributed by atoms with Crippen molar-refractivity contribution in [2.45, 2.75) is 32.5 Å². The molecule has 3 aromatic rings. The molecule has 0 saturated heterocycles. The average molecular weight is 355 g/mol. The lowest BCUT2D eigenvalue weighted by atomic mass is 10.1. The molecule has 8 heteroatoms. The van der Waals surface area contributed by atoms with Gasteiger partial charge in [-0.1, -0.05) is 0 Å². The van der Waals surface area contributed by atoms with Crippen molar-refractivity contribution in [3.8, 4) is 0 Å². The molecule has 136 valence electrons. The number of aliphatic hydroxyl groups excluding tert-OH is 1. The minimum absolute atomic E-state index is 0.0420. The molecule has 1 N–H and O–H groups in total. The number of nitrogens with zero attached hydrogens (tertiary/aromatic N) is 5. The zero-order valence-electron chi connectivity index (χ0n) is 14.8. The van der Waals surface area contributed by atoms with Crippen molar-refractivity contribution >= 4 is 5.91 Å². The van der Waals surface area contributed by atoms with Gasteiger partial charge in [-0.25, -0.2) is 0 Å². The number of fused-ring (bicyclic) bond motifs is 1. The van der Waals surface area contributed by atoms with Gasteiger partial charge >= 0.3 is 0 Å². The fourth-order valence-corrected chi connectivity index (χ4v) is 3.37. The molecule has 3 aromatic heterocycles. The predicted octanol–water partition coefficient (Wildman–Crippen LogP) is 1.65. The molecule has 0 aromatic carbocycles. The number of hydrogen-bond donors (Lipinski definition) is 1. The van der Waals surface area contributed by atoms with Gasteiger partial charge in [-0.2, -0.15) is 10.2 Å². The third-order valence-corrected chi connectivity index (χ3v) is 4.83. The van der Waals surface area contributed by atoms with E-state index in [2.05, 4.69) is 10.2 Å². The van der Waals surface area contributed by atoms with Crippen LogP contribution in [0.2, 0.25) is 0 Å². The first kappa shape index (κ1) is 16.6. The minimum atomic E-state index is -0.845. The standard InChI is InChI=1S/C18H21N5O3/c1-12-14(5-9-26-12)18(25)22-7-3-8-23-13(11-22)10-15(20-23)17(24)16-4-6-19-21(16)2/h4-6,9-10,17,24H,3,7-8,11H2,1-2H3/t17-/m1/s1. The van der Waals surface area contributed by atoms with Crippen LogP contribution in [0.4, 0.5) is 0 Å². The molecule has 0 spiro atoms. The molecule has 0 bridgehead atoms. The first-order valence-electron chi connectivity index (χ1n) is 8.60.